The van der Waals surface area contributed by atoms with Crippen molar-refractivity contribution in [2.24, 2.45) is 0 Å². The van der Waals surface area contributed by atoms with E-state index in [1.165, 1.54) is 6.92 Å². The summed E-state index contributed by atoms with van der Waals surface area (Å²) in [6.45, 7) is 1.45. The lowest BCUT2D eigenvalue weighted by molar-refractivity contribution is -0.136. The molecule has 184 valence electrons. The van der Waals surface area contributed by atoms with Crippen molar-refractivity contribution in [2.75, 3.05) is 11.6 Å². The summed E-state index contributed by atoms with van der Waals surface area (Å²) in [6.07, 6.45) is 2.47. The largest absolute Gasteiger partial charge is 0.393 e. The molecule has 11 heteroatoms. The summed E-state index contributed by atoms with van der Waals surface area (Å²) < 4.78 is 48.2. The number of pyridine rings is 1. The molecule has 0 saturated heterocycles. The van der Waals surface area contributed by atoms with Crippen LogP contribution in [0.5, 0.6) is 0 Å². The van der Waals surface area contributed by atoms with Crippen molar-refractivity contribution in [1.29, 1.82) is 4.78 Å². The SMILES string of the molecule is C=S(C)(=N)c1ccc(-c2cc(C3CCC(O)CC3)n3nc(N[C@@H](C)CC(F)(F)F)ncc23)cn1. The third-order valence-electron chi connectivity index (χ3n) is 6.08. The van der Waals surface area contributed by atoms with E-state index in [0.29, 0.717) is 17.9 Å². The molecule has 1 aliphatic rings. The molecule has 3 heterocycles. The third kappa shape index (κ3) is 5.52. The number of alkyl halides is 3. The highest BCUT2D eigenvalue weighted by atomic mass is 32.2. The van der Waals surface area contributed by atoms with Gasteiger partial charge in [-0.1, -0.05) is 21.4 Å². The first kappa shape index (κ1) is 24.5. The third-order valence-corrected chi connectivity index (χ3v) is 7.25. The number of aliphatic hydroxyl groups is 1. The van der Waals surface area contributed by atoms with Crippen LogP contribution in [0.15, 0.2) is 35.6 Å². The van der Waals surface area contributed by atoms with E-state index in [4.69, 9.17) is 4.78 Å². The van der Waals surface area contributed by atoms with Gasteiger partial charge in [0.2, 0.25) is 5.95 Å². The Morgan fingerprint density at radius 2 is 1.94 bits per heavy atom. The normalized spacial score (nSPS) is 21.8. The molecule has 3 aromatic heterocycles. The summed E-state index contributed by atoms with van der Waals surface area (Å²) in [6, 6.07) is 4.86. The van der Waals surface area contributed by atoms with Gasteiger partial charge in [0.05, 0.1) is 29.3 Å². The van der Waals surface area contributed by atoms with E-state index in [9.17, 15) is 18.3 Å². The van der Waals surface area contributed by atoms with E-state index in [0.717, 1.165) is 35.2 Å². The van der Waals surface area contributed by atoms with E-state index in [2.05, 4.69) is 26.3 Å². The lowest BCUT2D eigenvalue weighted by atomic mass is 9.85. The molecule has 3 aromatic rings. The van der Waals surface area contributed by atoms with Gasteiger partial charge in [-0.3, -0.25) is 4.78 Å². The fourth-order valence-corrected chi connectivity index (χ4v) is 5.05. The van der Waals surface area contributed by atoms with Crippen molar-refractivity contribution < 1.29 is 18.3 Å². The Hall–Kier alpha value is -2.66. The van der Waals surface area contributed by atoms with Crippen LogP contribution in [-0.2, 0) is 9.41 Å². The van der Waals surface area contributed by atoms with Gasteiger partial charge in [-0.15, -0.1) is 5.10 Å². The molecule has 0 radical (unpaired) electrons. The van der Waals surface area contributed by atoms with Gasteiger partial charge in [0.15, 0.2) is 0 Å². The number of nitrogens with zero attached hydrogens (tertiary/aromatic N) is 4. The summed E-state index contributed by atoms with van der Waals surface area (Å²) in [5.41, 5.74) is 3.35. The molecule has 1 unspecified atom stereocenters. The summed E-state index contributed by atoms with van der Waals surface area (Å²) in [4.78, 5) is 8.72. The second-order valence-corrected chi connectivity index (χ2v) is 11.8. The Bertz CT molecular complexity index is 1260. The maximum absolute atomic E-state index is 12.8. The number of rotatable bonds is 6. The number of aliphatic hydroxyl groups excluding tert-OH is 1. The molecular formula is C23H29F3N6OS. The highest BCUT2D eigenvalue weighted by Crippen LogP contribution is 2.37. The molecule has 1 fully saturated rings. The van der Waals surface area contributed by atoms with Crippen LogP contribution in [0.4, 0.5) is 19.1 Å². The van der Waals surface area contributed by atoms with Crippen LogP contribution in [-0.4, -0.2) is 55.1 Å². The van der Waals surface area contributed by atoms with Crippen molar-refractivity contribution >= 4 is 26.7 Å². The first-order valence-electron chi connectivity index (χ1n) is 11.1. The molecule has 34 heavy (non-hydrogen) atoms. The van der Waals surface area contributed by atoms with Crippen molar-refractivity contribution in [3.63, 3.8) is 0 Å². The topological polar surface area (TPSA) is 99.2 Å². The monoisotopic (exact) mass is 494 g/mol. The number of anilines is 1. The molecule has 0 bridgehead atoms. The lowest BCUT2D eigenvalue weighted by Crippen LogP contribution is -2.25. The fourth-order valence-electron chi connectivity index (χ4n) is 4.40. The maximum atomic E-state index is 12.8. The van der Waals surface area contributed by atoms with Gasteiger partial charge in [0.1, 0.15) is 0 Å². The fraction of sp³-hybridized carbons (Fsp3) is 0.478. The minimum Gasteiger partial charge on any atom is -0.393 e. The Labute approximate surface area is 196 Å². The highest BCUT2D eigenvalue weighted by Gasteiger charge is 2.30. The van der Waals surface area contributed by atoms with Crippen LogP contribution >= 0.6 is 0 Å². The minimum atomic E-state index is -4.28. The summed E-state index contributed by atoms with van der Waals surface area (Å²) in [5.74, 6) is 4.17. The smallest absolute Gasteiger partial charge is 0.391 e. The van der Waals surface area contributed by atoms with Crippen LogP contribution in [0.1, 0.15) is 50.6 Å². The van der Waals surface area contributed by atoms with Crippen LogP contribution in [0, 0.1) is 4.78 Å². The molecule has 0 spiro atoms. The van der Waals surface area contributed by atoms with E-state index >= 15 is 0 Å². The first-order valence-corrected chi connectivity index (χ1v) is 13.3. The van der Waals surface area contributed by atoms with Gasteiger partial charge in [-0.25, -0.2) is 14.5 Å². The van der Waals surface area contributed by atoms with E-state index < -0.39 is 28.1 Å². The summed E-state index contributed by atoms with van der Waals surface area (Å²) in [5, 5.41) is 17.9. The van der Waals surface area contributed by atoms with Crippen molar-refractivity contribution in [2.45, 2.75) is 68.3 Å². The van der Waals surface area contributed by atoms with Gasteiger partial charge in [-0.05, 0) is 51.0 Å². The number of halogens is 3. The van der Waals surface area contributed by atoms with Gasteiger partial charge < -0.3 is 10.4 Å². The highest BCUT2D eigenvalue weighted by molar-refractivity contribution is 8.00. The van der Waals surface area contributed by atoms with Crippen LogP contribution in [0.3, 0.4) is 0 Å². The number of aromatic nitrogens is 4. The number of hydrogen-bond acceptors (Lipinski definition) is 6. The summed E-state index contributed by atoms with van der Waals surface area (Å²) >= 11 is 0. The standard InChI is InChI=1S/C23H29F3N6OS/c1-14(11-23(24,25)26)30-22-29-13-20-18(16-6-9-21(28-12-16)34(2,3)27)10-19(32(20)31-22)15-4-7-17(33)8-5-15/h6,9-10,12-15,17,27,33H,2,4-5,7-8,11H2,1,3H3,(H,30,31)/t14-,15?,17?,34?/m0/s1. The first-order chi connectivity index (χ1) is 15.9. The molecule has 4 rings (SSSR count). The quantitative estimate of drug-likeness (QED) is 0.424. The second-order valence-electron chi connectivity index (χ2n) is 9.20. The molecule has 1 aliphatic carbocycles. The number of fused-ring (bicyclic) bond motifs is 1. The van der Waals surface area contributed by atoms with Crippen LogP contribution in [0.2, 0.25) is 0 Å². The number of hydrogen-bond donors (Lipinski definition) is 3. The molecule has 0 amide bonds. The average molecular weight is 495 g/mol. The van der Waals surface area contributed by atoms with Gasteiger partial charge in [-0.2, -0.15) is 13.2 Å². The van der Waals surface area contributed by atoms with E-state index in [1.807, 2.05) is 12.1 Å². The average Bonchev–Trinajstić information content (AvgIpc) is 3.11. The lowest BCUT2D eigenvalue weighted by Gasteiger charge is -2.25. The van der Waals surface area contributed by atoms with E-state index in [-0.39, 0.29) is 18.0 Å². The Morgan fingerprint density at radius 3 is 2.53 bits per heavy atom. The molecular weight excluding hydrogens is 465 g/mol. The summed E-state index contributed by atoms with van der Waals surface area (Å²) in [7, 11) is -1.94. The molecule has 0 aromatic carbocycles. The van der Waals surface area contributed by atoms with Crippen LogP contribution in [0.25, 0.3) is 16.6 Å². The predicted molar refractivity (Wildman–Crippen MR) is 129 cm³/mol. The zero-order chi connectivity index (χ0) is 24.7. The van der Waals surface area contributed by atoms with Gasteiger partial charge >= 0.3 is 6.18 Å². The molecule has 0 aliphatic heterocycles. The Balaban J connectivity index is 1.74. The van der Waals surface area contributed by atoms with Crippen molar-refractivity contribution in [3.8, 4) is 11.1 Å². The molecule has 1 saturated carbocycles. The van der Waals surface area contributed by atoms with E-state index in [1.54, 1.807) is 29.2 Å². The van der Waals surface area contributed by atoms with Gasteiger partial charge in [0.25, 0.3) is 0 Å². The second kappa shape index (κ2) is 9.18. The zero-order valence-corrected chi connectivity index (χ0v) is 20.0. The minimum absolute atomic E-state index is 0.127. The van der Waals surface area contributed by atoms with Crippen LogP contribution < -0.4 is 5.32 Å². The number of nitrogens with one attached hydrogen (secondary N) is 2. The van der Waals surface area contributed by atoms with Crippen molar-refractivity contribution in [3.05, 3.63) is 36.3 Å². The zero-order valence-electron chi connectivity index (χ0n) is 19.1. The van der Waals surface area contributed by atoms with Gasteiger partial charge in [0, 0.05) is 35.0 Å². The molecule has 2 atom stereocenters. The Kier molecular flexibility index (Phi) is 6.61. The Morgan fingerprint density at radius 1 is 1.24 bits per heavy atom. The molecule has 7 nitrogen and oxygen atoms in total. The molecule has 3 N–H and O–H groups in total. The predicted octanol–water partition coefficient (Wildman–Crippen LogP) is 4.90. The van der Waals surface area contributed by atoms with Crippen molar-refractivity contribution in [1.82, 2.24) is 19.6 Å². The maximum Gasteiger partial charge on any atom is 0.391 e.